The Bertz CT molecular complexity index is 726. The Morgan fingerprint density at radius 1 is 1.40 bits per heavy atom. The lowest BCUT2D eigenvalue weighted by Crippen LogP contribution is -2.22. The number of benzene rings is 1. The van der Waals surface area contributed by atoms with Crippen LogP contribution in [0.25, 0.3) is 0 Å². The van der Waals surface area contributed by atoms with Gasteiger partial charge in [0, 0.05) is 14.8 Å². The molecule has 0 aliphatic heterocycles. The minimum atomic E-state index is -0.273. The van der Waals surface area contributed by atoms with Crippen LogP contribution in [0.3, 0.4) is 0 Å². The average molecular weight is 382 g/mol. The van der Waals surface area contributed by atoms with Gasteiger partial charge in [-0.15, -0.1) is 0 Å². The predicted octanol–water partition coefficient (Wildman–Crippen LogP) is 2.90. The van der Waals surface area contributed by atoms with Gasteiger partial charge in [-0.3, -0.25) is 14.7 Å². The maximum absolute atomic E-state index is 12.5. The third-order valence-electron chi connectivity index (χ3n) is 3.01. The molecular formula is C15H15IN2O2. The normalized spacial score (nSPS) is 11.2. The van der Waals surface area contributed by atoms with Crippen LogP contribution in [-0.2, 0) is 6.54 Å². The van der Waals surface area contributed by atoms with Crippen LogP contribution in [0.5, 0.6) is 0 Å². The number of H-pyrrole nitrogens is 1. The summed E-state index contributed by atoms with van der Waals surface area (Å²) in [6.07, 6.45) is 3.72. The van der Waals surface area contributed by atoms with E-state index < -0.39 is 0 Å². The second kappa shape index (κ2) is 6.21. The van der Waals surface area contributed by atoms with Crippen molar-refractivity contribution in [2.75, 3.05) is 0 Å². The smallest absolute Gasteiger partial charge is 0.278 e. The lowest BCUT2D eigenvalue weighted by Gasteiger charge is -2.01. The molecule has 0 atom stereocenters. The highest BCUT2D eigenvalue weighted by Crippen LogP contribution is 2.16. The number of aromatic amines is 1. The van der Waals surface area contributed by atoms with E-state index in [4.69, 9.17) is 0 Å². The first-order chi connectivity index (χ1) is 9.56. The van der Waals surface area contributed by atoms with Gasteiger partial charge < -0.3 is 0 Å². The standard InChI is InChI=1S/C15H15IN2O2/c1-3-4-9-18-15(20)13(10(2)17-18)14(19)11-7-5-6-8-12(11)16/h3-8,17H,9H2,1-2H3. The first kappa shape index (κ1) is 14.8. The summed E-state index contributed by atoms with van der Waals surface area (Å²) in [4.78, 5) is 24.8. The summed E-state index contributed by atoms with van der Waals surface area (Å²) in [5.41, 5.74) is 1.11. The summed E-state index contributed by atoms with van der Waals surface area (Å²) in [7, 11) is 0. The molecule has 1 aromatic carbocycles. The van der Waals surface area contributed by atoms with Gasteiger partial charge in [-0.25, -0.2) is 4.68 Å². The zero-order chi connectivity index (χ0) is 14.7. The van der Waals surface area contributed by atoms with Gasteiger partial charge in [0.05, 0.1) is 6.54 Å². The Morgan fingerprint density at radius 2 is 2.10 bits per heavy atom. The molecule has 104 valence electrons. The number of halogens is 1. The molecule has 0 spiro atoms. The molecule has 1 heterocycles. The molecule has 2 aromatic rings. The molecular weight excluding hydrogens is 367 g/mol. The average Bonchev–Trinajstić information content (AvgIpc) is 2.71. The highest BCUT2D eigenvalue weighted by molar-refractivity contribution is 14.1. The van der Waals surface area contributed by atoms with Gasteiger partial charge in [0.2, 0.25) is 5.78 Å². The fourth-order valence-corrected chi connectivity index (χ4v) is 2.62. The van der Waals surface area contributed by atoms with Gasteiger partial charge in [-0.05, 0) is 48.6 Å². The largest absolute Gasteiger partial charge is 0.299 e. The molecule has 1 N–H and O–H groups in total. The highest BCUT2D eigenvalue weighted by atomic mass is 127. The molecule has 0 saturated carbocycles. The van der Waals surface area contributed by atoms with Crippen molar-refractivity contribution in [1.82, 2.24) is 9.78 Å². The summed E-state index contributed by atoms with van der Waals surface area (Å²) in [5.74, 6) is -0.229. The van der Waals surface area contributed by atoms with Crippen LogP contribution in [0.4, 0.5) is 0 Å². The third-order valence-corrected chi connectivity index (χ3v) is 3.95. The molecule has 0 aliphatic carbocycles. The Morgan fingerprint density at radius 3 is 2.75 bits per heavy atom. The van der Waals surface area contributed by atoms with Crippen LogP contribution < -0.4 is 5.56 Å². The van der Waals surface area contributed by atoms with E-state index in [9.17, 15) is 9.59 Å². The van der Waals surface area contributed by atoms with Gasteiger partial charge in [-0.2, -0.15) is 0 Å². The molecule has 2 rings (SSSR count). The van der Waals surface area contributed by atoms with Crippen molar-refractivity contribution in [3.8, 4) is 0 Å². The van der Waals surface area contributed by atoms with E-state index in [1.165, 1.54) is 4.68 Å². The Hall–Kier alpha value is -1.63. The number of hydrogen-bond acceptors (Lipinski definition) is 2. The summed E-state index contributed by atoms with van der Waals surface area (Å²) < 4.78 is 2.29. The van der Waals surface area contributed by atoms with Crippen LogP contribution in [0.1, 0.15) is 28.5 Å². The monoisotopic (exact) mass is 382 g/mol. The SMILES string of the molecule is CC=CCn1[nH]c(C)c(C(=O)c2ccccc2I)c1=O. The lowest BCUT2D eigenvalue weighted by atomic mass is 10.0. The van der Waals surface area contributed by atoms with Crippen molar-refractivity contribution < 1.29 is 4.79 Å². The molecule has 4 nitrogen and oxygen atoms in total. The zero-order valence-corrected chi connectivity index (χ0v) is 13.5. The summed E-state index contributed by atoms with van der Waals surface area (Å²) >= 11 is 2.10. The molecule has 0 unspecified atom stereocenters. The van der Waals surface area contributed by atoms with Crippen LogP contribution in [0, 0.1) is 10.5 Å². The molecule has 1 aromatic heterocycles. The first-order valence-electron chi connectivity index (χ1n) is 6.26. The maximum atomic E-state index is 12.5. The lowest BCUT2D eigenvalue weighted by molar-refractivity contribution is 0.103. The van der Waals surface area contributed by atoms with Gasteiger partial charge in [0.15, 0.2) is 0 Å². The molecule has 0 saturated heterocycles. The molecule has 0 aliphatic rings. The minimum Gasteiger partial charge on any atom is -0.299 e. The number of aromatic nitrogens is 2. The molecule has 0 radical (unpaired) electrons. The highest BCUT2D eigenvalue weighted by Gasteiger charge is 2.21. The van der Waals surface area contributed by atoms with E-state index >= 15 is 0 Å². The molecule has 0 amide bonds. The maximum Gasteiger partial charge on any atom is 0.278 e. The molecule has 0 bridgehead atoms. The number of carbonyl (C=O) groups is 1. The van der Waals surface area contributed by atoms with Crippen molar-refractivity contribution in [3.63, 3.8) is 0 Å². The van der Waals surface area contributed by atoms with E-state index in [0.29, 0.717) is 17.8 Å². The van der Waals surface area contributed by atoms with Gasteiger partial charge in [0.1, 0.15) is 5.56 Å². The topological polar surface area (TPSA) is 54.9 Å². The number of nitrogens with one attached hydrogen (secondary N) is 1. The zero-order valence-electron chi connectivity index (χ0n) is 11.3. The van der Waals surface area contributed by atoms with Crippen molar-refractivity contribution >= 4 is 28.4 Å². The number of ketones is 1. The molecule has 20 heavy (non-hydrogen) atoms. The number of carbonyl (C=O) groups excluding carboxylic acids is 1. The van der Waals surface area contributed by atoms with Crippen LogP contribution in [0.15, 0.2) is 41.2 Å². The summed E-state index contributed by atoms with van der Waals surface area (Å²) in [5, 5.41) is 2.95. The van der Waals surface area contributed by atoms with E-state index in [-0.39, 0.29) is 16.9 Å². The van der Waals surface area contributed by atoms with E-state index in [1.54, 1.807) is 19.1 Å². The Balaban J connectivity index is 2.48. The van der Waals surface area contributed by atoms with Crippen LogP contribution in [-0.4, -0.2) is 15.6 Å². The Labute approximate surface area is 130 Å². The molecule has 0 fully saturated rings. The molecule has 5 heteroatoms. The second-order valence-corrected chi connectivity index (χ2v) is 5.57. The van der Waals surface area contributed by atoms with Gasteiger partial charge >= 0.3 is 0 Å². The van der Waals surface area contributed by atoms with Crippen molar-refractivity contribution in [2.45, 2.75) is 20.4 Å². The third kappa shape index (κ3) is 2.77. The Kier molecular flexibility index (Phi) is 4.59. The number of aryl methyl sites for hydroxylation is 1. The van der Waals surface area contributed by atoms with E-state index in [0.717, 1.165) is 3.57 Å². The van der Waals surface area contributed by atoms with E-state index in [1.807, 2.05) is 31.2 Å². The van der Waals surface area contributed by atoms with Crippen LogP contribution >= 0.6 is 22.6 Å². The first-order valence-corrected chi connectivity index (χ1v) is 7.34. The van der Waals surface area contributed by atoms with Crippen LogP contribution in [0.2, 0.25) is 0 Å². The van der Waals surface area contributed by atoms with Crippen molar-refractivity contribution in [2.24, 2.45) is 0 Å². The second-order valence-electron chi connectivity index (χ2n) is 4.41. The van der Waals surface area contributed by atoms with Crippen molar-refractivity contribution in [3.05, 3.63) is 67.2 Å². The van der Waals surface area contributed by atoms with Gasteiger partial charge in [-0.1, -0.05) is 24.3 Å². The number of allylic oxidation sites excluding steroid dienone is 2. The predicted molar refractivity (Wildman–Crippen MR) is 87.2 cm³/mol. The minimum absolute atomic E-state index is 0.221. The van der Waals surface area contributed by atoms with E-state index in [2.05, 4.69) is 27.7 Å². The number of rotatable bonds is 4. The van der Waals surface area contributed by atoms with Gasteiger partial charge in [0.25, 0.3) is 5.56 Å². The summed E-state index contributed by atoms with van der Waals surface area (Å²) in [6.45, 7) is 4.07. The quantitative estimate of drug-likeness (QED) is 0.502. The summed E-state index contributed by atoms with van der Waals surface area (Å²) in [6, 6.07) is 7.27. The number of nitrogens with zero attached hydrogens (tertiary/aromatic N) is 1. The fourth-order valence-electron chi connectivity index (χ4n) is 1.99. The van der Waals surface area contributed by atoms with Crippen molar-refractivity contribution in [1.29, 1.82) is 0 Å². The fraction of sp³-hybridized carbons (Fsp3) is 0.200. The number of hydrogen-bond donors (Lipinski definition) is 1.